The highest BCUT2D eigenvalue weighted by molar-refractivity contribution is 6.01. The van der Waals surface area contributed by atoms with E-state index in [1.165, 1.54) is 11.1 Å². The van der Waals surface area contributed by atoms with Gasteiger partial charge in [-0.2, -0.15) is 0 Å². The fourth-order valence-corrected chi connectivity index (χ4v) is 4.91. The Morgan fingerprint density at radius 1 is 0.844 bits per heavy atom. The number of rotatable bonds is 2. The highest BCUT2D eigenvalue weighted by atomic mass is 16.7. The number of carbonyl (C=O) groups is 1. The van der Waals surface area contributed by atoms with Gasteiger partial charge in [0.25, 0.3) is 0 Å². The molecule has 2 N–H and O–H groups in total. The van der Waals surface area contributed by atoms with Crippen LogP contribution in [-0.4, -0.2) is 12.6 Å². The number of allylic oxidation sites excluding steroid dienone is 1. The SMILES string of the molecule is Cc1ccc([C@@H]2CC(=O)C3=C(C2)Nc2ccccc2N[C@H]3c2ccc3c(c2)OCO3)cc1. The molecule has 3 aromatic carbocycles. The van der Waals surface area contributed by atoms with Gasteiger partial charge in [-0.25, -0.2) is 0 Å². The predicted molar refractivity (Wildman–Crippen MR) is 124 cm³/mol. The fourth-order valence-electron chi connectivity index (χ4n) is 4.91. The normalized spacial score (nSPS) is 21.2. The largest absolute Gasteiger partial charge is 0.454 e. The molecular weight excluding hydrogens is 400 g/mol. The van der Waals surface area contributed by atoms with Crippen LogP contribution in [0.15, 0.2) is 78.0 Å². The zero-order chi connectivity index (χ0) is 21.7. The highest BCUT2D eigenvalue weighted by Crippen LogP contribution is 2.45. The monoisotopic (exact) mass is 424 g/mol. The highest BCUT2D eigenvalue weighted by Gasteiger charge is 2.36. The Balaban J connectivity index is 1.45. The van der Waals surface area contributed by atoms with Crippen molar-refractivity contribution < 1.29 is 14.3 Å². The van der Waals surface area contributed by atoms with E-state index in [0.29, 0.717) is 6.42 Å². The van der Waals surface area contributed by atoms with Gasteiger partial charge in [-0.15, -0.1) is 0 Å². The standard InChI is InChI=1S/C27H24N2O3/c1-16-6-8-17(9-7-16)19-12-22-26(23(30)13-19)27(29-21-5-3-2-4-20(21)28-22)18-10-11-24-25(14-18)32-15-31-24/h2-11,14,19,27-29H,12-13,15H2,1H3/t19-,27-/m0/s1. The molecule has 2 aliphatic heterocycles. The van der Waals surface area contributed by atoms with Gasteiger partial charge in [0, 0.05) is 17.7 Å². The van der Waals surface area contributed by atoms with Crippen LogP contribution in [0.3, 0.4) is 0 Å². The Labute approximate surface area is 187 Å². The average molecular weight is 425 g/mol. The van der Waals surface area contributed by atoms with Gasteiger partial charge in [0.05, 0.1) is 17.4 Å². The van der Waals surface area contributed by atoms with Crippen molar-refractivity contribution in [3.63, 3.8) is 0 Å². The summed E-state index contributed by atoms with van der Waals surface area (Å²) in [5.41, 5.74) is 7.19. The van der Waals surface area contributed by atoms with Crippen LogP contribution in [0.25, 0.3) is 0 Å². The number of anilines is 2. The summed E-state index contributed by atoms with van der Waals surface area (Å²) in [5, 5.41) is 7.22. The molecule has 0 unspecified atom stereocenters. The lowest BCUT2D eigenvalue weighted by Crippen LogP contribution is -2.26. The van der Waals surface area contributed by atoms with E-state index < -0.39 is 0 Å². The van der Waals surface area contributed by atoms with Crippen LogP contribution in [0.5, 0.6) is 11.5 Å². The minimum absolute atomic E-state index is 0.164. The first-order valence-corrected chi connectivity index (χ1v) is 11.0. The van der Waals surface area contributed by atoms with E-state index in [2.05, 4.69) is 47.9 Å². The van der Waals surface area contributed by atoms with E-state index in [1.54, 1.807) is 0 Å². The van der Waals surface area contributed by atoms with Crippen LogP contribution in [0.1, 0.15) is 41.5 Å². The molecule has 0 aromatic heterocycles. The fraction of sp³-hybridized carbons (Fsp3) is 0.222. The van der Waals surface area contributed by atoms with E-state index in [1.807, 2.05) is 36.4 Å². The Hall–Kier alpha value is -3.73. The lowest BCUT2D eigenvalue weighted by molar-refractivity contribution is -0.116. The number of carbonyl (C=O) groups excluding carboxylic acids is 1. The summed E-state index contributed by atoms with van der Waals surface area (Å²) in [7, 11) is 0. The molecule has 2 atom stereocenters. The summed E-state index contributed by atoms with van der Waals surface area (Å²) < 4.78 is 11.1. The molecule has 5 heteroatoms. The molecule has 0 saturated carbocycles. The lowest BCUT2D eigenvalue weighted by atomic mass is 9.78. The van der Waals surface area contributed by atoms with Crippen LogP contribution >= 0.6 is 0 Å². The Kier molecular flexibility index (Phi) is 4.42. The van der Waals surface area contributed by atoms with Gasteiger partial charge >= 0.3 is 0 Å². The summed E-state index contributed by atoms with van der Waals surface area (Å²) in [5.74, 6) is 1.80. The third kappa shape index (κ3) is 3.21. The molecule has 0 saturated heterocycles. The van der Waals surface area contributed by atoms with Crippen molar-refractivity contribution in [3.05, 3.63) is 94.7 Å². The van der Waals surface area contributed by atoms with Crippen molar-refractivity contribution in [2.45, 2.75) is 31.7 Å². The molecule has 160 valence electrons. The maximum absolute atomic E-state index is 13.6. The maximum atomic E-state index is 13.6. The van der Waals surface area contributed by atoms with Gasteiger partial charge in [0.1, 0.15) is 0 Å². The minimum atomic E-state index is -0.262. The molecule has 0 bridgehead atoms. The van der Waals surface area contributed by atoms with Gasteiger partial charge < -0.3 is 20.1 Å². The number of benzene rings is 3. The van der Waals surface area contributed by atoms with E-state index in [4.69, 9.17) is 9.47 Å². The van der Waals surface area contributed by atoms with Crippen molar-refractivity contribution >= 4 is 17.2 Å². The molecule has 6 rings (SSSR count). The summed E-state index contributed by atoms with van der Waals surface area (Å²) >= 11 is 0. The number of ether oxygens (including phenoxy) is 2. The average Bonchev–Trinajstić information content (AvgIpc) is 3.20. The molecule has 2 heterocycles. The topological polar surface area (TPSA) is 59.6 Å². The van der Waals surface area contributed by atoms with Crippen LogP contribution in [0.2, 0.25) is 0 Å². The predicted octanol–water partition coefficient (Wildman–Crippen LogP) is 5.70. The van der Waals surface area contributed by atoms with E-state index in [0.717, 1.165) is 46.1 Å². The summed E-state index contributed by atoms with van der Waals surface area (Å²) in [6, 6.07) is 22.3. The molecule has 32 heavy (non-hydrogen) atoms. The third-order valence-electron chi connectivity index (χ3n) is 6.59. The maximum Gasteiger partial charge on any atom is 0.231 e. The van der Waals surface area contributed by atoms with Crippen molar-refractivity contribution in [1.29, 1.82) is 0 Å². The van der Waals surface area contributed by atoms with Crippen LogP contribution in [-0.2, 0) is 4.79 Å². The van der Waals surface area contributed by atoms with E-state index in [-0.39, 0.29) is 24.5 Å². The first-order chi connectivity index (χ1) is 15.7. The van der Waals surface area contributed by atoms with Gasteiger partial charge in [-0.05, 0) is 54.7 Å². The quantitative estimate of drug-likeness (QED) is 0.552. The van der Waals surface area contributed by atoms with Gasteiger partial charge in [-0.1, -0.05) is 48.0 Å². The van der Waals surface area contributed by atoms with E-state index in [9.17, 15) is 4.79 Å². The van der Waals surface area contributed by atoms with Gasteiger partial charge in [0.2, 0.25) is 6.79 Å². The van der Waals surface area contributed by atoms with Crippen LogP contribution in [0, 0.1) is 6.92 Å². The summed E-state index contributed by atoms with van der Waals surface area (Å²) in [6.45, 7) is 2.31. The smallest absolute Gasteiger partial charge is 0.231 e. The van der Waals surface area contributed by atoms with Crippen LogP contribution < -0.4 is 20.1 Å². The third-order valence-corrected chi connectivity index (χ3v) is 6.59. The number of fused-ring (bicyclic) bond motifs is 2. The molecule has 0 spiro atoms. The number of para-hydroxylation sites is 2. The Bertz CT molecular complexity index is 1250. The summed E-state index contributed by atoms with van der Waals surface area (Å²) in [4.78, 5) is 13.6. The Morgan fingerprint density at radius 2 is 1.59 bits per heavy atom. The molecule has 0 fully saturated rings. The summed E-state index contributed by atoms with van der Waals surface area (Å²) in [6.07, 6.45) is 1.30. The second-order valence-electron chi connectivity index (χ2n) is 8.69. The number of hydrogen-bond donors (Lipinski definition) is 2. The van der Waals surface area contributed by atoms with Crippen LogP contribution in [0.4, 0.5) is 11.4 Å². The van der Waals surface area contributed by atoms with Crippen molar-refractivity contribution in [2.24, 2.45) is 0 Å². The molecule has 3 aromatic rings. The second-order valence-corrected chi connectivity index (χ2v) is 8.69. The number of nitrogens with one attached hydrogen (secondary N) is 2. The minimum Gasteiger partial charge on any atom is -0.454 e. The van der Waals surface area contributed by atoms with Gasteiger partial charge in [-0.3, -0.25) is 4.79 Å². The zero-order valence-corrected chi connectivity index (χ0v) is 17.9. The van der Waals surface area contributed by atoms with Crippen molar-refractivity contribution in [1.82, 2.24) is 0 Å². The van der Waals surface area contributed by atoms with Crippen molar-refractivity contribution in [2.75, 3.05) is 17.4 Å². The van der Waals surface area contributed by atoms with Crippen molar-refractivity contribution in [3.8, 4) is 11.5 Å². The van der Waals surface area contributed by atoms with Gasteiger partial charge in [0.15, 0.2) is 17.3 Å². The number of aryl methyl sites for hydroxylation is 1. The van der Waals surface area contributed by atoms with E-state index >= 15 is 0 Å². The zero-order valence-electron chi connectivity index (χ0n) is 17.9. The lowest BCUT2D eigenvalue weighted by Gasteiger charge is -2.30. The molecular formula is C27H24N2O3. The molecule has 0 radical (unpaired) electrons. The second kappa shape index (κ2) is 7.45. The number of ketones is 1. The molecule has 0 amide bonds. The number of hydrogen-bond acceptors (Lipinski definition) is 5. The molecule has 1 aliphatic carbocycles. The molecule has 3 aliphatic rings. The Morgan fingerprint density at radius 3 is 2.44 bits per heavy atom. The first kappa shape index (κ1) is 19.0. The molecule has 5 nitrogen and oxygen atoms in total. The first-order valence-electron chi connectivity index (χ1n) is 11.0. The number of Topliss-reactive ketones (excluding diaryl/α,β-unsaturated/α-hetero) is 1.